The van der Waals surface area contributed by atoms with Gasteiger partial charge < -0.3 is 5.32 Å². The Morgan fingerprint density at radius 2 is 2.12 bits per heavy atom. The van der Waals surface area contributed by atoms with Gasteiger partial charge in [0.25, 0.3) is 0 Å². The minimum absolute atomic E-state index is 0.00681. The third-order valence-corrected chi connectivity index (χ3v) is 4.77. The standard InChI is InChI=1S/C11H15BrF3NS/c1-7-6-9(17-10(7)12)8(16-2)4-3-5-11(13,14)15/h6,8,16H,3-5H2,1-2H3. The van der Waals surface area contributed by atoms with E-state index < -0.39 is 12.6 Å². The summed E-state index contributed by atoms with van der Waals surface area (Å²) >= 11 is 5.00. The van der Waals surface area contributed by atoms with Crippen LogP contribution < -0.4 is 5.32 Å². The maximum Gasteiger partial charge on any atom is 0.389 e. The predicted molar refractivity (Wildman–Crippen MR) is 68.5 cm³/mol. The van der Waals surface area contributed by atoms with Gasteiger partial charge >= 0.3 is 6.18 Å². The van der Waals surface area contributed by atoms with Crippen molar-refractivity contribution in [2.45, 2.75) is 38.4 Å². The summed E-state index contributed by atoms with van der Waals surface area (Å²) < 4.78 is 37.2. The molecular weight excluding hydrogens is 315 g/mol. The molecule has 0 fully saturated rings. The van der Waals surface area contributed by atoms with Crippen LogP contribution in [0.2, 0.25) is 0 Å². The Labute approximate surface area is 112 Å². The molecule has 0 aromatic carbocycles. The number of rotatable bonds is 5. The molecule has 1 aromatic rings. The summed E-state index contributed by atoms with van der Waals surface area (Å²) in [5.41, 5.74) is 1.13. The van der Waals surface area contributed by atoms with Crippen LogP contribution in [0, 0.1) is 6.92 Å². The quantitative estimate of drug-likeness (QED) is 0.817. The molecule has 1 nitrogen and oxygen atoms in total. The fraction of sp³-hybridized carbons (Fsp3) is 0.636. The largest absolute Gasteiger partial charge is 0.389 e. The van der Waals surface area contributed by atoms with E-state index in [0.29, 0.717) is 6.42 Å². The van der Waals surface area contributed by atoms with Crippen molar-refractivity contribution < 1.29 is 13.2 Å². The van der Waals surface area contributed by atoms with Crippen molar-refractivity contribution in [3.8, 4) is 0 Å². The van der Waals surface area contributed by atoms with Crippen molar-refractivity contribution in [1.82, 2.24) is 5.32 Å². The van der Waals surface area contributed by atoms with Gasteiger partial charge in [-0.2, -0.15) is 13.2 Å². The Hall–Kier alpha value is -0.0700. The lowest BCUT2D eigenvalue weighted by atomic mass is 10.1. The molecule has 1 heterocycles. The molecule has 0 spiro atoms. The summed E-state index contributed by atoms with van der Waals surface area (Å²) in [5.74, 6) is 0. The summed E-state index contributed by atoms with van der Waals surface area (Å²) in [4.78, 5) is 1.08. The molecule has 0 aliphatic carbocycles. The lowest BCUT2D eigenvalue weighted by molar-refractivity contribution is -0.135. The van der Waals surface area contributed by atoms with Gasteiger partial charge in [0.1, 0.15) is 0 Å². The van der Waals surface area contributed by atoms with E-state index in [1.54, 1.807) is 18.4 Å². The molecule has 0 saturated carbocycles. The molecule has 17 heavy (non-hydrogen) atoms. The van der Waals surface area contributed by atoms with Gasteiger partial charge in [-0.25, -0.2) is 0 Å². The number of alkyl halides is 3. The molecule has 0 aliphatic rings. The van der Waals surface area contributed by atoms with E-state index >= 15 is 0 Å². The molecule has 1 atom stereocenters. The highest BCUT2D eigenvalue weighted by Gasteiger charge is 2.27. The molecule has 1 unspecified atom stereocenters. The zero-order valence-corrected chi connectivity index (χ0v) is 12.1. The summed E-state index contributed by atoms with van der Waals surface area (Å²) in [5, 5.41) is 3.07. The van der Waals surface area contributed by atoms with Crippen LogP contribution in [0.15, 0.2) is 9.85 Å². The van der Waals surface area contributed by atoms with Crippen LogP contribution in [0.5, 0.6) is 0 Å². The zero-order chi connectivity index (χ0) is 13.1. The Kier molecular flexibility index (Phi) is 5.47. The molecule has 1 N–H and O–H groups in total. The first-order valence-corrected chi connectivity index (χ1v) is 6.94. The summed E-state index contributed by atoms with van der Waals surface area (Å²) in [6.45, 7) is 1.98. The minimum atomic E-state index is -4.05. The van der Waals surface area contributed by atoms with E-state index in [1.165, 1.54) is 0 Å². The third kappa shape index (κ3) is 4.97. The molecule has 6 heteroatoms. The van der Waals surface area contributed by atoms with E-state index in [2.05, 4.69) is 21.2 Å². The van der Waals surface area contributed by atoms with Crippen molar-refractivity contribution in [3.05, 3.63) is 20.3 Å². The molecule has 1 rings (SSSR count). The van der Waals surface area contributed by atoms with Crippen LogP contribution in [0.25, 0.3) is 0 Å². The first-order chi connectivity index (χ1) is 7.83. The molecule has 0 radical (unpaired) electrons. The Morgan fingerprint density at radius 1 is 1.47 bits per heavy atom. The molecule has 0 amide bonds. The van der Waals surface area contributed by atoms with Crippen molar-refractivity contribution in [1.29, 1.82) is 0 Å². The number of halogens is 4. The highest BCUT2D eigenvalue weighted by Crippen LogP contribution is 2.34. The van der Waals surface area contributed by atoms with E-state index in [1.807, 2.05) is 13.0 Å². The normalized spacial score (nSPS) is 14.0. The van der Waals surface area contributed by atoms with E-state index in [9.17, 15) is 13.2 Å². The number of thiophene rings is 1. The van der Waals surface area contributed by atoms with Gasteiger partial charge in [0.15, 0.2) is 0 Å². The molecule has 0 bridgehead atoms. The summed E-state index contributed by atoms with van der Waals surface area (Å²) in [6.07, 6.45) is -4.10. The van der Waals surface area contributed by atoms with Crippen LogP contribution in [-0.4, -0.2) is 13.2 Å². The first-order valence-electron chi connectivity index (χ1n) is 5.33. The fourth-order valence-corrected chi connectivity index (χ4v) is 3.31. The van der Waals surface area contributed by atoms with E-state index in [4.69, 9.17) is 0 Å². The molecule has 0 aliphatic heterocycles. The SMILES string of the molecule is CNC(CCCC(F)(F)F)c1cc(C)c(Br)s1. The monoisotopic (exact) mass is 329 g/mol. The van der Waals surface area contributed by atoms with Crippen LogP contribution in [-0.2, 0) is 0 Å². The lowest BCUT2D eigenvalue weighted by Gasteiger charge is -2.14. The van der Waals surface area contributed by atoms with Crippen LogP contribution in [0.4, 0.5) is 13.2 Å². The van der Waals surface area contributed by atoms with Crippen molar-refractivity contribution >= 4 is 27.3 Å². The van der Waals surface area contributed by atoms with Gasteiger partial charge in [-0.15, -0.1) is 11.3 Å². The van der Waals surface area contributed by atoms with Crippen LogP contribution in [0.1, 0.15) is 35.7 Å². The lowest BCUT2D eigenvalue weighted by Crippen LogP contribution is -2.16. The average Bonchev–Trinajstić information content (AvgIpc) is 2.52. The Bertz CT molecular complexity index is 343. The van der Waals surface area contributed by atoms with E-state index in [0.717, 1.165) is 14.2 Å². The predicted octanol–water partition coefficient (Wildman–Crippen LogP) is 4.81. The van der Waals surface area contributed by atoms with E-state index in [-0.39, 0.29) is 12.5 Å². The Morgan fingerprint density at radius 3 is 2.53 bits per heavy atom. The second-order valence-electron chi connectivity index (χ2n) is 3.95. The van der Waals surface area contributed by atoms with Gasteiger partial charge in [0.2, 0.25) is 0 Å². The number of hydrogen-bond acceptors (Lipinski definition) is 2. The van der Waals surface area contributed by atoms with Gasteiger partial charge in [-0.05, 0) is 54.4 Å². The van der Waals surface area contributed by atoms with Gasteiger partial charge in [-0.1, -0.05) is 0 Å². The third-order valence-electron chi connectivity index (χ3n) is 2.52. The van der Waals surface area contributed by atoms with Crippen molar-refractivity contribution in [3.63, 3.8) is 0 Å². The molecule has 0 saturated heterocycles. The van der Waals surface area contributed by atoms with Crippen molar-refractivity contribution in [2.24, 2.45) is 0 Å². The number of aryl methyl sites for hydroxylation is 1. The number of hydrogen-bond donors (Lipinski definition) is 1. The molecule has 98 valence electrons. The topological polar surface area (TPSA) is 12.0 Å². The van der Waals surface area contributed by atoms with Gasteiger partial charge in [0, 0.05) is 17.3 Å². The van der Waals surface area contributed by atoms with Gasteiger partial charge in [-0.3, -0.25) is 0 Å². The molecule has 1 aromatic heterocycles. The molecular formula is C11H15BrF3NS. The maximum absolute atomic E-state index is 12.1. The Balaban J connectivity index is 2.54. The second kappa shape index (κ2) is 6.20. The fourth-order valence-electron chi connectivity index (χ4n) is 1.59. The summed E-state index contributed by atoms with van der Waals surface area (Å²) in [7, 11) is 1.78. The van der Waals surface area contributed by atoms with Crippen LogP contribution >= 0.6 is 27.3 Å². The zero-order valence-electron chi connectivity index (χ0n) is 9.70. The smallest absolute Gasteiger partial charge is 0.312 e. The number of nitrogens with one attached hydrogen (secondary N) is 1. The second-order valence-corrected chi connectivity index (χ2v) is 6.36. The highest BCUT2D eigenvalue weighted by atomic mass is 79.9. The summed E-state index contributed by atoms with van der Waals surface area (Å²) in [6, 6.07) is 2.02. The first kappa shape index (κ1) is 15.0. The maximum atomic E-state index is 12.1. The van der Waals surface area contributed by atoms with Crippen LogP contribution in [0.3, 0.4) is 0 Å². The highest BCUT2D eigenvalue weighted by molar-refractivity contribution is 9.11. The minimum Gasteiger partial charge on any atom is -0.312 e. The van der Waals surface area contributed by atoms with Crippen molar-refractivity contribution in [2.75, 3.05) is 7.05 Å². The van der Waals surface area contributed by atoms with Gasteiger partial charge in [0.05, 0.1) is 3.79 Å². The average molecular weight is 330 g/mol.